The van der Waals surface area contributed by atoms with Gasteiger partial charge in [0.2, 0.25) is 0 Å². The summed E-state index contributed by atoms with van der Waals surface area (Å²) >= 11 is 0. The molecule has 0 radical (unpaired) electrons. The van der Waals surface area contributed by atoms with Gasteiger partial charge < -0.3 is 14.1 Å². The minimum atomic E-state index is -0.0590. The van der Waals surface area contributed by atoms with Gasteiger partial charge in [0.05, 0.1) is 24.4 Å². The molecular weight excluding hydrogens is 328 g/mol. The van der Waals surface area contributed by atoms with E-state index in [2.05, 4.69) is 28.2 Å². The zero-order valence-corrected chi connectivity index (χ0v) is 14.8. The first-order valence-corrected chi connectivity index (χ1v) is 8.28. The predicted molar refractivity (Wildman–Crippen MR) is 102 cm³/mol. The third-order valence-corrected chi connectivity index (χ3v) is 4.38. The van der Waals surface area contributed by atoms with Crippen LogP contribution in [0.25, 0.3) is 33.5 Å². The molecule has 4 aromatic rings. The Hall–Kier alpha value is -3.34. The number of nitrogens with zero attached hydrogens (tertiary/aromatic N) is 1. The summed E-state index contributed by atoms with van der Waals surface area (Å²) in [7, 11) is 1.59. The van der Waals surface area contributed by atoms with E-state index in [1.165, 1.54) is 6.39 Å². The predicted octanol–water partition coefficient (Wildman–Crippen LogP) is 4.48. The van der Waals surface area contributed by atoms with Crippen LogP contribution in [0, 0.1) is 13.8 Å². The average molecular weight is 346 g/mol. The van der Waals surface area contributed by atoms with E-state index in [-0.39, 0.29) is 5.43 Å². The second-order valence-electron chi connectivity index (χ2n) is 6.39. The maximum atomic E-state index is 12.8. The summed E-state index contributed by atoms with van der Waals surface area (Å²) in [4.78, 5) is 20.1. The maximum absolute atomic E-state index is 12.8. The number of nitrogens with one attached hydrogen (secondary N) is 1. The Morgan fingerprint density at radius 1 is 1.04 bits per heavy atom. The number of fused-ring (bicyclic) bond motifs is 1. The fourth-order valence-electron chi connectivity index (χ4n) is 3.27. The van der Waals surface area contributed by atoms with Crippen LogP contribution in [0.1, 0.15) is 11.1 Å². The van der Waals surface area contributed by atoms with E-state index in [1.807, 2.05) is 19.9 Å². The molecule has 0 saturated carbocycles. The Balaban J connectivity index is 1.95. The summed E-state index contributed by atoms with van der Waals surface area (Å²) in [6.07, 6.45) is 2.95. The molecule has 2 heterocycles. The van der Waals surface area contributed by atoms with E-state index in [1.54, 1.807) is 25.4 Å². The van der Waals surface area contributed by atoms with Crippen LogP contribution in [-0.4, -0.2) is 17.1 Å². The number of H-pyrrole nitrogens is 1. The lowest BCUT2D eigenvalue weighted by atomic mass is 10.0. The van der Waals surface area contributed by atoms with Crippen molar-refractivity contribution in [2.75, 3.05) is 7.11 Å². The Morgan fingerprint density at radius 2 is 1.81 bits per heavy atom. The van der Waals surface area contributed by atoms with Gasteiger partial charge in [0.15, 0.2) is 17.6 Å². The SMILES string of the molecule is COc1cc2[nH]c(-c3cc(C)cc(C)c3)cc(=O)c2cc1-c1cnco1. The lowest BCUT2D eigenvalue weighted by Crippen LogP contribution is -2.04. The average Bonchev–Trinajstić information content (AvgIpc) is 3.14. The molecule has 0 unspecified atom stereocenters. The highest BCUT2D eigenvalue weighted by Crippen LogP contribution is 2.33. The number of methoxy groups -OCH3 is 1. The van der Waals surface area contributed by atoms with Crippen LogP contribution in [0.15, 0.2) is 58.2 Å². The van der Waals surface area contributed by atoms with E-state index in [0.29, 0.717) is 28.0 Å². The molecule has 0 aliphatic rings. The van der Waals surface area contributed by atoms with Gasteiger partial charge in [-0.05, 0) is 37.6 Å². The van der Waals surface area contributed by atoms with Crippen LogP contribution in [-0.2, 0) is 0 Å². The quantitative estimate of drug-likeness (QED) is 0.594. The number of pyridine rings is 1. The minimum absolute atomic E-state index is 0.0590. The highest BCUT2D eigenvalue weighted by molar-refractivity contribution is 5.88. The van der Waals surface area contributed by atoms with Crippen molar-refractivity contribution in [1.82, 2.24) is 9.97 Å². The van der Waals surface area contributed by atoms with Gasteiger partial charge in [0, 0.05) is 23.2 Å². The minimum Gasteiger partial charge on any atom is -0.496 e. The zero-order chi connectivity index (χ0) is 18.3. The summed E-state index contributed by atoms with van der Waals surface area (Å²) in [6, 6.07) is 11.5. The summed E-state index contributed by atoms with van der Waals surface area (Å²) in [5, 5.41) is 0.574. The molecule has 0 saturated heterocycles. The number of hydrogen-bond acceptors (Lipinski definition) is 4. The number of ether oxygens (including phenoxy) is 1. The number of oxazole rings is 1. The van der Waals surface area contributed by atoms with E-state index >= 15 is 0 Å². The summed E-state index contributed by atoms with van der Waals surface area (Å²) in [5.74, 6) is 1.17. The van der Waals surface area contributed by atoms with Gasteiger partial charge in [-0.1, -0.05) is 17.2 Å². The second kappa shape index (κ2) is 6.19. The lowest BCUT2D eigenvalue weighted by molar-refractivity contribution is 0.415. The first kappa shape index (κ1) is 16.1. The second-order valence-corrected chi connectivity index (χ2v) is 6.39. The van der Waals surface area contributed by atoms with Crippen molar-refractivity contribution < 1.29 is 9.15 Å². The number of aromatic nitrogens is 2. The van der Waals surface area contributed by atoms with Gasteiger partial charge in [0.25, 0.3) is 0 Å². The van der Waals surface area contributed by atoms with Crippen molar-refractivity contribution >= 4 is 10.9 Å². The Morgan fingerprint density at radius 3 is 2.46 bits per heavy atom. The third kappa shape index (κ3) is 2.77. The molecule has 1 N–H and O–H groups in total. The van der Waals surface area contributed by atoms with E-state index in [0.717, 1.165) is 22.4 Å². The molecular formula is C21H18N2O3. The van der Waals surface area contributed by atoms with Crippen LogP contribution >= 0.6 is 0 Å². The van der Waals surface area contributed by atoms with Gasteiger partial charge in [-0.25, -0.2) is 4.98 Å². The molecule has 0 spiro atoms. The van der Waals surface area contributed by atoms with Crippen LogP contribution < -0.4 is 10.2 Å². The molecule has 0 fully saturated rings. The van der Waals surface area contributed by atoms with Gasteiger partial charge in [0.1, 0.15) is 5.75 Å². The molecule has 0 aliphatic heterocycles. The zero-order valence-electron chi connectivity index (χ0n) is 14.8. The van der Waals surface area contributed by atoms with Crippen molar-refractivity contribution in [3.8, 4) is 28.3 Å². The monoisotopic (exact) mass is 346 g/mol. The Kier molecular flexibility index (Phi) is 3.84. The smallest absolute Gasteiger partial charge is 0.190 e. The van der Waals surface area contributed by atoms with Gasteiger partial charge >= 0.3 is 0 Å². The normalized spacial score (nSPS) is 11.0. The summed E-state index contributed by atoms with van der Waals surface area (Å²) in [5.41, 5.74) is 5.42. The Bertz CT molecular complexity index is 1140. The number of aromatic amines is 1. The molecule has 4 rings (SSSR count). The first-order chi connectivity index (χ1) is 12.5. The Labute approximate surface area is 150 Å². The molecule has 2 aromatic carbocycles. The molecule has 0 atom stereocenters. The summed E-state index contributed by atoms with van der Waals surface area (Å²) in [6.45, 7) is 4.09. The van der Waals surface area contributed by atoms with Gasteiger partial charge in [-0.15, -0.1) is 0 Å². The van der Waals surface area contributed by atoms with Crippen molar-refractivity contribution in [3.63, 3.8) is 0 Å². The standard InChI is InChI=1S/C21H18N2O3/c1-12-4-13(2)6-14(5-12)17-8-19(24)15-7-16(21-10-22-11-26-21)20(25-3)9-18(15)23-17/h4-11H,1-3H3,(H,23,24). The molecule has 0 bridgehead atoms. The molecule has 5 nitrogen and oxygen atoms in total. The number of aryl methyl sites for hydroxylation is 2. The highest BCUT2D eigenvalue weighted by Gasteiger charge is 2.14. The van der Waals surface area contributed by atoms with Crippen LogP contribution in [0.3, 0.4) is 0 Å². The maximum Gasteiger partial charge on any atom is 0.190 e. The van der Waals surface area contributed by atoms with Gasteiger partial charge in [-0.3, -0.25) is 4.79 Å². The molecule has 130 valence electrons. The van der Waals surface area contributed by atoms with Crippen LogP contribution in [0.4, 0.5) is 0 Å². The number of rotatable bonds is 3. The molecule has 2 aromatic heterocycles. The van der Waals surface area contributed by atoms with Crippen molar-refractivity contribution in [2.45, 2.75) is 13.8 Å². The van der Waals surface area contributed by atoms with Gasteiger partial charge in [-0.2, -0.15) is 0 Å². The number of benzene rings is 2. The molecule has 5 heteroatoms. The van der Waals surface area contributed by atoms with E-state index in [4.69, 9.17) is 9.15 Å². The van der Waals surface area contributed by atoms with E-state index < -0.39 is 0 Å². The largest absolute Gasteiger partial charge is 0.496 e. The molecule has 26 heavy (non-hydrogen) atoms. The van der Waals surface area contributed by atoms with Crippen LogP contribution in [0.2, 0.25) is 0 Å². The van der Waals surface area contributed by atoms with E-state index in [9.17, 15) is 4.79 Å². The van der Waals surface area contributed by atoms with Crippen LogP contribution in [0.5, 0.6) is 5.75 Å². The summed E-state index contributed by atoms with van der Waals surface area (Å²) < 4.78 is 10.9. The van der Waals surface area contributed by atoms with Crippen molar-refractivity contribution in [1.29, 1.82) is 0 Å². The first-order valence-electron chi connectivity index (χ1n) is 8.28. The molecule has 0 amide bonds. The fourth-order valence-corrected chi connectivity index (χ4v) is 3.27. The van der Waals surface area contributed by atoms with Crippen molar-refractivity contribution in [3.05, 3.63) is 70.3 Å². The number of hydrogen-bond donors (Lipinski definition) is 1. The fraction of sp³-hybridized carbons (Fsp3) is 0.143. The topological polar surface area (TPSA) is 68.1 Å². The highest BCUT2D eigenvalue weighted by atomic mass is 16.5. The molecule has 0 aliphatic carbocycles. The third-order valence-electron chi connectivity index (χ3n) is 4.38. The lowest BCUT2D eigenvalue weighted by Gasteiger charge is -2.11. The van der Waals surface area contributed by atoms with Crippen molar-refractivity contribution in [2.24, 2.45) is 0 Å².